The second-order valence-electron chi connectivity index (χ2n) is 8.66. The van der Waals surface area contributed by atoms with Gasteiger partial charge in [0, 0.05) is 13.0 Å². The molecule has 2 fully saturated rings. The van der Waals surface area contributed by atoms with Crippen molar-refractivity contribution in [2.75, 3.05) is 23.5 Å². The zero-order valence-electron chi connectivity index (χ0n) is 18.7. The molecule has 2 aliphatic heterocycles. The van der Waals surface area contributed by atoms with E-state index in [0.29, 0.717) is 30.0 Å². The van der Waals surface area contributed by atoms with E-state index in [4.69, 9.17) is 9.47 Å². The summed E-state index contributed by atoms with van der Waals surface area (Å²) in [7, 11) is 1.53. The molecule has 0 aromatic heterocycles. The van der Waals surface area contributed by atoms with E-state index in [1.807, 2.05) is 18.2 Å². The number of ether oxygens (including phenoxy) is 2. The summed E-state index contributed by atoms with van der Waals surface area (Å²) >= 11 is 0. The smallest absolute Gasteiger partial charge is 0.316 e. The molecule has 8 nitrogen and oxygen atoms in total. The quantitative estimate of drug-likeness (QED) is 0.295. The summed E-state index contributed by atoms with van der Waals surface area (Å²) in [5.74, 6) is -1.45. The van der Waals surface area contributed by atoms with Gasteiger partial charge in [0.2, 0.25) is 17.7 Å². The number of hydrogen-bond acceptors (Lipinski definition) is 6. The molecular weight excluding hydrogens is 436 g/mol. The first kappa shape index (κ1) is 21.9. The van der Waals surface area contributed by atoms with Gasteiger partial charge in [-0.2, -0.15) is 0 Å². The number of allylic oxidation sites excluding steroid dienone is 2. The molecule has 0 unspecified atom stereocenters. The monoisotopic (exact) mass is 460 g/mol. The van der Waals surface area contributed by atoms with E-state index in [-0.39, 0.29) is 48.3 Å². The van der Waals surface area contributed by atoms with E-state index >= 15 is 0 Å². The fourth-order valence-corrected chi connectivity index (χ4v) is 4.87. The Balaban J connectivity index is 1.25. The largest absolute Gasteiger partial charge is 0.495 e. The van der Waals surface area contributed by atoms with Crippen LogP contribution < -0.4 is 19.3 Å². The molecule has 0 N–H and O–H groups in total. The Morgan fingerprint density at radius 1 is 0.912 bits per heavy atom. The maximum atomic E-state index is 12.8. The van der Waals surface area contributed by atoms with Gasteiger partial charge in [0.1, 0.15) is 11.5 Å². The molecule has 0 spiro atoms. The van der Waals surface area contributed by atoms with Gasteiger partial charge in [0.05, 0.1) is 36.2 Å². The number of anilines is 2. The molecular formula is C26H24N2O6. The standard InChI is InChI=1S/C26H24N2O6/c1-33-22-9-5-4-8-21(22)27-15-16(14-23(27)29)26(32)34-18-12-10-17(11-13-18)28-24(30)19-6-2-3-7-20(19)25(28)31/h2-5,8-13,16,19-20H,6-7,14-15H2,1H3/t16-,19-,20+/m0/s1. The van der Waals surface area contributed by atoms with Gasteiger partial charge in [-0.15, -0.1) is 0 Å². The summed E-state index contributed by atoms with van der Waals surface area (Å²) in [6.45, 7) is 0.198. The van der Waals surface area contributed by atoms with Crippen molar-refractivity contribution >= 4 is 35.1 Å². The molecule has 0 bridgehead atoms. The van der Waals surface area contributed by atoms with Crippen molar-refractivity contribution in [2.45, 2.75) is 19.3 Å². The number of para-hydroxylation sites is 2. The highest BCUT2D eigenvalue weighted by atomic mass is 16.5. The summed E-state index contributed by atoms with van der Waals surface area (Å²) in [6, 6.07) is 13.5. The van der Waals surface area contributed by atoms with Crippen LogP contribution in [0.25, 0.3) is 0 Å². The lowest BCUT2D eigenvalue weighted by atomic mass is 9.85. The van der Waals surface area contributed by atoms with Gasteiger partial charge in [-0.05, 0) is 49.2 Å². The molecule has 3 atom stereocenters. The first-order valence-corrected chi connectivity index (χ1v) is 11.3. The van der Waals surface area contributed by atoms with Crippen LogP contribution in [0.3, 0.4) is 0 Å². The van der Waals surface area contributed by atoms with Crippen LogP contribution in [0.5, 0.6) is 11.5 Å². The SMILES string of the molecule is COc1ccccc1N1C[C@@H](C(=O)Oc2ccc(N3C(=O)[C@H]4CC=CC[C@H]4C3=O)cc2)CC1=O. The second kappa shape index (κ2) is 8.78. The van der Waals surface area contributed by atoms with Gasteiger partial charge in [-0.3, -0.25) is 24.1 Å². The Hall–Kier alpha value is -3.94. The Labute approximate surface area is 196 Å². The topological polar surface area (TPSA) is 93.2 Å². The number of imide groups is 1. The molecule has 1 aliphatic carbocycles. The van der Waals surface area contributed by atoms with Gasteiger partial charge < -0.3 is 14.4 Å². The van der Waals surface area contributed by atoms with Crippen LogP contribution >= 0.6 is 0 Å². The highest BCUT2D eigenvalue weighted by Gasteiger charge is 2.47. The maximum Gasteiger partial charge on any atom is 0.316 e. The highest BCUT2D eigenvalue weighted by molar-refractivity contribution is 6.22. The highest BCUT2D eigenvalue weighted by Crippen LogP contribution is 2.38. The van der Waals surface area contributed by atoms with Crippen LogP contribution in [0.1, 0.15) is 19.3 Å². The number of nitrogens with zero attached hydrogens (tertiary/aromatic N) is 2. The number of benzene rings is 2. The number of esters is 1. The normalized spacial score (nSPS) is 23.9. The zero-order valence-corrected chi connectivity index (χ0v) is 18.7. The average Bonchev–Trinajstić information content (AvgIpc) is 3.37. The molecule has 2 heterocycles. The summed E-state index contributed by atoms with van der Waals surface area (Å²) in [5, 5.41) is 0. The van der Waals surface area contributed by atoms with E-state index in [0.717, 1.165) is 0 Å². The Kier molecular flexibility index (Phi) is 5.65. The third kappa shape index (κ3) is 3.75. The van der Waals surface area contributed by atoms with Crippen molar-refractivity contribution in [3.63, 3.8) is 0 Å². The predicted octanol–water partition coefficient (Wildman–Crippen LogP) is 3.11. The number of hydrogen-bond donors (Lipinski definition) is 0. The van der Waals surface area contributed by atoms with Crippen molar-refractivity contribution in [1.29, 1.82) is 0 Å². The summed E-state index contributed by atoms with van der Waals surface area (Å²) in [6.07, 6.45) is 5.09. The number of rotatable bonds is 5. The van der Waals surface area contributed by atoms with E-state index in [1.165, 1.54) is 16.9 Å². The number of carbonyl (C=O) groups is 4. The van der Waals surface area contributed by atoms with Crippen LogP contribution in [0.4, 0.5) is 11.4 Å². The fraction of sp³-hybridized carbons (Fsp3) is 0.308. The lowest BCUT2D eigenvalue weighted by Gasteiger charge is -2.19. The number of carbonyl (C=O) groups excluding carboxylic acids is 4. The summed E-state index contributed by atoms with van der Waals surface area (Å²) in [4.78, 5) is 53.6. The van der Waals surface area contributed by atoms with Crippen molar-refractivity contribution in [1.82, 2.24) is 0 Å². The fourth-order valence-electron chi connectivity index (χ4n) is 4.87. The van der Waals surface area contributed by atoms with Crippen molar-refractivity contribution in [3.8, 4) is 11.5 Å². The summed E-state index contributed by atoms with van der Waals surface area (Å²) in [5.41, 5.74) is 1.08. The molecule has 3 amide bonds. The summed E-state index contributed by atoms with van der Waals surface area (Å²) < 4.78 is 10.8. The van der Waals surface area contributed by atoms with Crippen LogP contribution in [0.2, 0.25) is 0 Å². The molecule has 2 aromatic carbocycles. The van der Waals surface area contributed by atoms with Crippen LogP contribution in [0.15, 0.2) is 60.7 Å². The first-order chi connectivity index (χ1) is 16.5. The number of amides is 3. The zero-order chi connectivity index (χ0) is 23.8. The van der Waals surface area contributed by atoms with Crippen LogP contribution in [-0.2, 0) is 19.2 Å². The molecule has 2 aromatic rings. The van der Waals surface area contributed by atoms with E-state index in [2.05, 4.69) is 0 Å². The third-order valence-corrected chi connectivity index (χ3v) is 6.66. The van der Waals surface area contributed by atoms with Crippen molar-refractivity contribution in [3.05, 3.63) is 60.7 Å². The predicted molar refractivity (Wildman–Crippen MR) is 123 cm³/mol. The van der Waals surface area contributed by atoms with Gasteiger partial charge in [-0.1, -0.05) is 24.3 Å². The Bertz CT molecular complexity index is 1160. The van der Waals surface area contributed by atoms with E-state index < -0.39 is 11.9 Å². The molecule has 3 aliphatic rings. The molecule has 5 rings (SSSR count). The van der Waals surface area contributed by atoms with Gasteiger partial charge in [0.15, 0.2) is 0 Å². The lowest BCUT2D eigenvalue weighted by molar-refractivity contribution is -0.139. The molecule has 0 radical (unpaired) electrons. The minimum atomic E-state index is -0.616. The molecule has 0 saturated carbocycles. The molecule has 174 valence electrons. The maximum absolute atomic E-state index is 12.8. The minimum absolute atomic E-state index is 0.0442. The second-order valence-corrected chi connectivity index (χ2v) is 8.66. The van der Waals surface area contributed by atoms with Crippen LogP contribution in [-0.4, -0.2) is 37.3 Å². The van der Waals surface area contributed by atoms with Crippen LogP contribution in [0, 0.1) is 17.8 Å². The van der Waals surface area contributed by atoms with Gasteiger partial charge in [-0.25, -0.2) is 0 Å². The average molecular weight is 460 g/mol. The number of fused-ring (bicyclic) bond motifs is 1. The van der Waals surface area contributed by atoms with E-state index in [9.17, 15) is 19.2 Å². The molecule has 34 heavy (non-hydrogen) atoms. The number of methoxy groups -OCH3 is 1. The van der Waals surface area contributed by atoms with E-state index in [1.54, 1.807) is 42.5 Å². The van der Waals surface area contributed by atoms with Gasteiger partial charge >= 0.3 is 5.97 Å². The van der Waals surface area contributed by atoms with Crippen molar-refractivity contribution < 1.29 is 28.7 Å². The molecule has 8 heteroatoms. The third-order valence-electron chi connectivity index (χ3n) is 6.66. The molecule has 2 saturated heterocycles. The Morgan fingerprint density at radius 2 is 1.56 bits per heavy atom. The lowest BCUT2D eigenvalue weighted by Crippen LogP contribution is -2.30. The first-order valence-electron chi connectivity index (χ1n) is 11.3. The Morgan fingerprint density at radius 3 is 2.21 bits per heavy atom. The van der Waals surface area contributed by atoms with Gasteiger partial charge in [0.25, 0.3) is 0 Å². The minimum Gasteiger partial charge on any atom is -0.495 e. The van der Waals surface area contributed by atoms with Crippen molar-refractivity contribution in [2.24, 2.45) is 17.8 Å².